The van der Waals surface area contributed by atoms with Gasteiger partial charge in [0.2, 0.25) is 0 Å². The van der Waals surface area contributed by atoms with E-state index in [-0.39, 0.29) is 18.4 Å². The number of benzene rings is 1. The Bertz CT molecular complexity index is 443. The fourth-order valence-electron chi connectivity index (χ4n) is 1.69. The van der Waals surface area contributed by atoms with E-state index in [1.54, 1.807) is 12.4 Å². The van der Waals surface area contributed by atoms with Crippen molar-refractivity contribution in [2.24, 2.45) is 5.73 Å². The molecule has 0 amide bonds. The summed E-state index contributed by atoms with van der Waals surface area (Å²) in [5, 5.41) is 0. The van der Waals surface area contributed by atoms with Crippen LogP contribution in [0.4, 0.5) is 0 Å². The van der Waals surface area contributed by atoms with Crippen LogP contribution in [0, 0.1) is 6.92 Å². The standard InChI is InChI=1S/C13H14N2.ClH/c1-10-4-2-3-5-12(10)13(14)11-6-8-15-9-7-11;/h2-9,13H,14H2,1H3;1H/p-1. The normalized spacial score (nSPS) is 11.6. The maximum Gasteiger partial charge on any atom is 0.0555 e. The highest BCUT2D eigenvalue weighted by Gasteiger charge is 2.09. The first-order valence-corrected chi connectivity index (χ1v) is 5.00. The lowest BCUT2D eigenvalue weighted by Crippen LogP contribution is -3.00. The van der Waals surface area contributed by atoms with E-state index in [0.29, 0.717) is 0 Å². The van der Waals surface area contributed by atoms with Crippen molar-refractivity contribution < 1.29 is 12.4 Å². The lowest BCUT2D eigenvalue weighted by molar-refractivity contribution is -0.00000322. The second kappa shape index (κ2) is 5.64. The minimum atomic E-state index is -0.0609. The van der Waals surface area contributed by atoms with Gasteiger partial charge < -0.3 is 18.1 Å². The summed E-state index contributed by atoms with van der Waals surface area (Å²) in [6, 6.07) is 12.0. The van der Waals surface area contributed by atoms with Gasteiger partial charge in [-0.1, -0.05) is 24.3 Å². The van der Waals surface area contributed by atoms with E-state index >= 15 is 0 Å². The average Bonchev–Trinajstić information content (AvgIpc) is 2.30. The van der Waals surface area contributed by atoms with Crippen molar-refractivity contribution in [1.29, 1.82) is 0 Å². The second-order valence-electron chi connectivity index (χ2n) is 3.61. The highest BCUT2D eigenvalue weighted by atomic mass is 35.5. The van der Waals surface area contributed by atoms with E-state index in [9.17, 15) is 0 Å². The van der Waals surface area contributed by atoms with Crippen LogP contribution in [0.1, 0.15) is 22.7 Å². The predicted molar refractivity (Wildman–Crippen MR) is 61.4 cm³/mol. The van der Waals surface area contributed by atoms with Crippen molar-refractivity contribution in [2.75, 3.05) is 0 Å². The summed E-state index contributed by atoms with van der Waals surface area (Å²) in [5.74, 6) is 0. The molecule has 3 heteroatoms. The van der Waals surface area contributed by atoms with Gasteiger partial charge in [-0.15, -0.1) is 0 Å². The Labute approximate surface area is 102 Å². The Hall–Kier alpha value is -1.38. The number of hydrogen-bond donors (Lipinski definition) is 1. The molecule has 0 saturated carbocycles. The third-order valence-corrected chi connectivity index (χ3v) is 2.59. The van der Waals surface area contributed by atoms with Gasteiger partial charge in [0.1, 0.15) is 0 Å². The van der Waals surface area contributed by atoms with Crippen molar-refractivity contribution in [2.45, 2.75) is 13.0 Å². The van der Waals surface area contributed by atoms with Gasteiger partial charge in [0.15, 0.2) is 0 Å². The molecule has 84 valence electrons. The predicted octanol–water partition coefficient (Wildman–Crippen LogP) is -0.558. The van der Waals surface area contributed by atoms with Gasteiger partial charge in [0, 0.05) is 12.4 Å². The molecular weight excluding hydrogens is 220 g/mol. The fraction of sp³-hybridized carbons (Fsp3) is 0.154. The van der Waals surface area contributed by atoms with E-state index in [4.69, 9.17) is 5.73 Å². The van der Waals surface area contributed by atoms with E-state index < -0.39 is 0 Å². The van der Waals surface area contributed by atoms with Crippen molar-refractivity contribution in [3.63, 3.8) is 0 Å². The summed E-state index contributed by atoms with van der Waals surface area (Å²) in [6.45, 7) is 2.08. The Morgan fingerprint density at radius 2 is 1.69 bits per heavy atom. The number of nitrogens with zero attached hydrogens (tertiary/aromatic N) is 1. The number of hydrogen-bond acceptors (Lipinski definition) is 2. The first kappa shape index (κ1) is 12.7. The fourth-order valence-corrected chi connectivity index (χ4v) is 1.69. The van der Waals surface area contributed by atoms with Crippen molar-refractivity contribution in [1.82, 2.24) is 4.98 Å². The molecule has 1 aromatic heterocycles. The maximum atomic E-state index is 6.19. The van der Waals surface area contributed by atoms with Crippen molar-refractivity contribution in [3.05, 3.63) is 65.5 Å². The van der Waals surface area contributed by atoms with Gasteiger partial charge in [-0.3, -0.25) is 4.98 Å². The zero-order valence-corrected chi connectivity index (χ0v) is 9.85. The molecule has 1 atom stereocenters. The summed E-state index contributed by atoms with van der Waals surface area (Å²) < 4.78 is 0. The third kappa shape index (κ3) is 2.60. The minimum Gasteiger partial charge on any atom is -1.00 e. The van der Waals surface area contributed by atoms with Gasteiger partial charge in [0.05, 0.1) is 6.04 Å². The lowest BCUT2D eigenvalue weighted by atomic mass is 9.97. The van der Waals surface area contributed by atoms with Gasteiger partial charge in [0.25, 0.3) is 0 Å². The van der Waals surface area contributed by atoms with Crippen LogP contribution in [0.3, 0.4) is 0 Å². The molecule has 0 fully saturated rings. The van der Waals surface area contributed by atoms with Crippen LogP contribution < -0.4 is 18.1 Å². The molecule has 1 aromatic carbocycles. The van der Waals surface area contributed by atoms with E-state index in [1.807, 2.05) is 24.3 Å². The Balaban J connectivity index is 0.00000128. The summed E-state index contributed by atoms with van der Waals surface area (Å²) in [7, 11) is 0. The van der Waals surface area contributed by atoms with E-state index in [0.717, 1.165) is 5.56 Å². The Morgan fingerprint density at radius 3 is 2.31 bits per heavy atom. The number of halogens is 1. The smallest absolute Gasteiger partial charge is 0.0555 e. The quantitative estimate of drug-likeness (QED) is 0.756. The van der Waals surface area contributed by atoms with Crippen molar-refractivity contribution in [3.8, 4) is 0 Å². The molecule has 0 aliphatic heterocycles. The van der Waals surface area contributed by atoms with Crippen LogP contribution in [-0.4, -0.2) is 4.98 Å². The summed E-state index contributed by atoms with van der Waals surface area (Å²) in [5.41, 5.74) is 9.68. The Morgan fingerprint density at radius 1 is 1.06 bits per heavy atom. The first-order valence-electron chi connectivity index (χ1n) is 5.00. The number of aryl methyl sites for hydroxylation is 1. The molecule has 0 saturated heterocycles. The number of pyridine rings is 1. The van der Waals surface area contributed by atoms with E-state index in [1.165, 1.54) is 11.1 Å². The second-order valence-corrected chi connectivity index (χ2v) is 3.61. The summed E-state index contributed by atoms with van der Waals surface area (Å²) >= 11 is 0. The zero-order chi connectivity index (χ0) is 10.7. The van der Waals surface area contributed by atoms with E-state index in [2.05, 4.69) is 24.0 Å². The average molecular weight is 234 g/mol. The van der Waals surface area contributed by atoms with Crippen LogP contribution in [0.2, 0.25) is 0 Å². The van der Waals surface area contributed by atoms with Gasteiger partial charge in [-0.2, -0.15) is 0 Å². The molecule has 0 radical (unpaired) electrons. The molecule has 2 aromatic rings. The van der Waals surface area contributed by atoms with Crippen LogP contribution in [0.5, 0.6) is 0 Å². The SMILES string of the molecule is Cc1ccccc1C(N)c1ccncc1.[Cl-]. The first-order chi connectivity index (χ1) is 7.29. The molecular formula is C13H14ClN2-. The monoisotopic (exact) mass is 233 g/mol. The Kier molecular flexibility index (Phi) is 4.47. The van der Waals surface area contributed by atoms with Crippen LogP contribution in [0.25, 0.3) is 0 Å². The topological polar surface area (TPSA) is 38.9 Å². The van der Waals surface area contributed by atoms with Crippen molar-refractivity contribution >= 4 is 0 Å². The third-order valence-electron chi connectivity index (χ3n) is 2.59. The largest absolute Gasteiger partial charge is 1.00 e. The number of nitrogens with two attached hydrogens (primary N) is 1. The molecule has 1 unspecified atom stereocenters. The van der Waals surface area contributed by atoms with Crippen LogP contribution in [0.15, 0.2) is 48.8 Å². The summed E-state index contributed by atoms with van der Waals surface area (Å²) in [6.07, 6.45) is 3.54. The highest BCUT2D eigenvalue weighted by molar-refractivity contribution is 5.35. The molecule has 2 nitrogen and oxygen atoms in total. The number of rotatable bonds is 2. The number of aromatic nitrogens is 1. The van der Waals surface area contributed by atoms with Crippen LogP contribution in [-0.2, 0) is 0 Å². The molecule has 1 heterocycles. The van der Waals surface area contributed by atoms with Gasteiger partial charge in [-0.25, -0.2) is 0 Å². The molecule has 16 heavy (non-hydrogen) atoms. The lowest BCUT2D eigenvalue weighted by Gasteiger charge is -2.14. The van der Waals surface area contributed by atoms with Crippen LogP contribution >= 0.6 is 0 Å². The minimum absolute atomic E-state index is 0. The summed E-state index contributed by atoms with van der Waals surface area (Å²) in [4.78, 5) is 3.99. The molecule has 0 aliphatic rings. The molecule has 0 spiro atoms. The van der Waals surface area contributed by atoms with Gasteiger partial charge in [-0.05, 0) is 35.7 Å². The molecule has 2 N–H and O–H groups in total. The zero-order valence-electron chi connectivity index (χ0n) is 9.10. The molecule has 0 aliphatic carbocycles. The molecule has 2 rings (SSSR count). The molecule has 0 bridgehead atoms. The maximum absolute atomic E-state index is 6.19. The highest BCUT2D eigenvalue weighted by Crippen LogP contribution is 2.21. The van der Waals surface area contributed by atoms with Gasteiger partial charge >= 0.3 is 0 Å².